The van der Waals surface area contributed by atoms with E-state index in [1.54, 1.807) is 13.8 Å². The van der Waals surface area contributed by atoms with Crippen LogP contribution < -0.4 is 4.74 Å². The highest BCUT2D eigenvalue weighted by molar-refractivity contribution is 7.89. The largest absolute Gasteiger partial charge is 0.495 e. The van der Waals surface area contributed by atoms with Gasteiger partial charge in [0.25, 0.3) is 0 Å². The Hall–Kier alpha value is -2.48. The second-order valence-corrected chi connectivity index (χ2v) is 11.1. The van der Waals surface area contributed by atoms with E-state index >= 15 is 0 Å². The number of nitrogens with zero attached hydrogens (tertiary/aromatic N) is 3. The Labute approximate surface area is 187 Å². The van der Waals surface area contributed by atoms with Gasteiger partial charge in [0, 0.05) is 26.2 Å². The summed E-state index contributed by atoms with van der Waals surface area (Å²) in [4.78, 5) is 11.8. The summed E-state index contributed by atoms with van der Waals surface area (Å²) in [5.41, 5.74) is 0.859. The maximum Gasteiger partial charge on any atom is 0.337 e. The van der Waals surface area contributed by atoms with E-state index < -0.39 is 26.0 Å². The van der Waals surface area contributed by atoms with Crippen LogP contribution in [0.5, 0.6) is 5.75 Å². The molecule has 1 N–H and O–H groups in total. The maximum atomic E-state index is 13.4. The van der Waals surface area contributed by atoms with Gasteiger partial charge in [-0.3, -0.25) is 5.10 Å². The van der Waals surface area contributed by atoms with Gasteiger partial charge in [0.1, 0.15) is 15.5 Å². The number of aromatic amines is 1. The van der Waals surface area contributed by atoms with Gasteiger partial charge in [0.2, 0.25) is 20.0 Å². The number of ether oxygens (including phenoxy) is 2. The number of rotatable bonds is 6. The lowest BCUT2D eigenvalue weighted by Gasteiger charge is -2.22. The van der Waals surface area contributed by atoms with Crippen LogP contribution >= 0.6 is 0 Å². The van der Waals surface area contributed by atoms with Gasteiger partial charge in [0.05, 0.1) is 31.2 Å². The Balaban J connectivity index is 1.90. The van der Waals surface area contributed by atoms with E-state index in [0.717, 1.165) is 0 Å². The molecule has 1 saturated heterocycles. The first-order chi connectivity index (χ1) is 15.0. The minimum atomic E-state index is -4.07. The van der Waals surface area contributed by atoms with E-state index in [4.69, 9.17) is 4.74 Å². The quantitative estimate of drug-likeness (QED) is 0.595. The molecule has 0 saturated carbocycles. The predicted molar refractivity (Wildman–Crippen MR) is 115 cm³/mol. The van der Waals surface area contributed by atoms with E-state index in [-0.39, 0.29) is 47.3 Å². The summed E-state index contributed by atoms with van der Waals surface area (Å²) in [7, 11) is -5.38. The lowest BCUT2D eigenvalue weighted by Crippen LogP contribution is -2.37. The van der Waals surface area contributed by atoms with Crippen molar-refractivity contribution >= 4 is 26.0 Å². The molecule has 1 fully saturated rings. The number of carbonyl (C=O) groups excluding carboxylic acids is 1. The molecule has 0 atom stereocenters. The lowest BCUT2D eigenvalue weighted by molar-refractivity contribution is 0.0600. The van der Waals surface area contributed by atoms with Crippen LogP contribution in [0.3, 0.4) is 0 Å². The second kappa shape index (κ2) is 9.17. The van der Waals surface area contributed by atoms with Crippen molar-refractivity contribution in [2.75, 3.05) is 40.4 Å². The molecule has 0 bridgehead atoms. The van der Waals surface area contributed by atoms with Gasteiger partial charge in [-0.15, -0.1) is 0 Å². The standard InChI is InChI=1S/C19H26N4O7S2/c1-13-18(14(2)21-20-13)32(27,28)23-9-5-8-22(10-11-23)31(25,26)17-12-15(19(24)30-4)6-7-16(17)29-3/h6-7,12H,5,8-11H2,1-4H3,(H,20,21). The van der Waals surface area contributed by atoms with E-state index in [1.165, 1.54) is 41.0 Å². The summed E-state index contributed by atoms with van der Waals surface area (Å²) in [6, 6.07) is 4.01. The Morgan fingerprint density at radius 1 is 1.00 bits per heavy atom. The number of benzene rings is 1. The number of methoxy groups -OCH3 is 2. The molecule has 0 amide bonds. The SMILES string of the molecule is COC(=O)c1ccc(OC)c(S(=O)(=O)N2CCCN(S(=O)(=O)c3c(C)n[nH]c3C)CC2)c1. The molecule has 11 nitrogen and oxygen atoms in total. The highest BCUT2D eigenvalue weighted by Crippen LogP contribution is 2.30. The highest BCUT2D eigenvalue weighted by Gasteiger charge is 2.35. The van der Waals surface area contributed by atoms with Gasteiger partial charge in [-0.05, 0) is 38.5 Å². The Kier molecular flexibility index (Phi) is 6.93. The van der Waals surface area contributed by atoms with E-state index in [0.29, 0.717) is 17.8 Å². The molecule has 176 valence electrons. The van der Waals surface area contributed by atoms with Gasteiger partial charge >= 0.3 is 5.97 Å². The van der Waals surface area contributed by atoms with Crippen LogP contribution in [-0.4, -0.2) is 82.0 Å². The molecule has 3 rings (SSSR count). The number of aryl methyl sites for hydroxylation is 2. The third-order valence-electron chi connectivity index (χ3n) is 5.27. The van der Waals surface area contributed by atoms with Crippen LogP contribution in [0.1, 0.15) is 28.2 Å². The number of hydrogen-bond acceptors (Lipinski definition) is 8. The summed E-state index contributed by atoms with van der Waals surface area (Å²) in [6.07, 6.45) is 0.299. The third kappa shape index (κ3) is 4.37. The van der Waals surface area contributed by atoms with Crippen LogP contribution in [0.2, 0.25) is 0 Å². The fraction of sp³-hybridized carbons (Fsp3) is 0.474. The number of esters is 1. The number of nitrogens with one attached hydrogen (secondary N) is 1. The molecule has 1 aliphatic heterocycles. The van der Waals surface area contributed by atoms with E-state index in [2.05, 4.69) is 14.9 Å². The summed E-state index contributed by atoms with van der Waals surface area (Å²) < 4.78 is 65.4. The van der Waals surface area contributed by atoms with Crippen molar-refractivity contribution in [1.29, 1.82) is 0 Å². The van der Waals surface area contributed by atoms with E-state index in [9.17, 15) is 21.6 Å². The maximum absolute atomic E-state index is 13.4. The zero-order valence-corrected chi connectivity index (χ0v) is 19.9. The third-order valence-corrected chi connectivity index (χ3v) is 9.36. The van der Waals surface area contributed by atoms with Crippen LogP contribution in [0.4, 0.5) is 0 Å². The topological polar surface area (TPSA) is 139 Å². The molecule has 13 heteroatoms. The highest BCUT2D eigenvalue weighted by atomic mass is 32.2. The number of H-pyrrole nitrogens is 1. The molecule has 32 heavy (non-hydrogen) atoms. The minimum absolute atomic E-state index is 0.0232. The summed E-state index contributed by atoms with van der Waals surface area (Å²) in [6.45, 7) is 3.43. The number of aromatic nitrogens is 2. The fourth-order valence-electron chi connectivity index (χ4n) is 3.66. The zero-order chi connectivity index (χ0) is 23.7. The van der Waals surface area contributed by atoms with Crippen molar-refractivity contribution in [2.24, 2.45) is 0 Å². The number of hydrogen-bond donors (Lipinski definition) is 1. The summed E-state index contributed by atoms with van der Waals surface area (Å²) in [5, 5.41) is 6.62. The second-order valence-electron chi connectivity index (χ2n) is 7.28. The average Bonchev–Trinajstić information content (AvgIpc) is 2.96. The molecule has 1 aliphatic rings. The molecule has 2 aromatic rings. The first-order valence-corrected chi connectivity index (χ1v) is 12.7. The molecule has 0 aliphatic carbocycles. The molecule has 2 heterocycles. The molecular weight excluding hydrogens is 460 g/mol. The fourth-order valence-corrected chi connectivity index (χ4v) is 7.12. The van der Waals surface area contributed by atoms with Crippen molar-refractivity contribution in [1.82, 2.24) is 18.8 Å². The van der Waals surface area contributed by atoms with Crippen LogP contribution in [0.25, 0.3) is 0 Å². The molecule has 0 radical (unpaired) electrons. The number of carbonyl (C=O) groups is 1. The van der Waals surface area contributed by atoms with Crippen molar-refractivity contribution in [3.05, 3.63) is 35.2 Å². The molecule has 0 spiro atoms. The van der Waals surface area contributed by atoms with Crippen molar-refractivity contribution < 1.29 is 31.1 Å². The Bertz CT molecular complexity index is 1200. The van der Waals surface area contributed by atoms with Crippen LogP contribution in [0.15, 0.2) is 28.0 Å². The Morgan fingerprint density at radius 2 is 1.62 bits per heavy atom. The number of sulfonamides is 2. The average molecular weight is 487 g/mol. The molecule has 0 unspecified atom stereocenters. The van der Waals surface area contributed by atoms with E-state index in [1.807, 2.05) is 0 Å². The normalized spacial score (nSPS) is 16.5. The zero-order valence-electron chi connectivity index (χ0n) is 18.3. The van der Waals surface area contributed by atoms with Gasteiger partial charge < -0.3 is 9.47 Å². The molecule has 1 aromatic carbocycles. The van der Waals surface area contributed by atoms with Crippen LogP contribution in [-0.2, 0) is 24.8 Å². The van der Waals surface area contributed by atoms with Gasteiger partial charge in [-0.2, -0.15) is 13.7 Å². The van der Waals surface area contributed by atoms with Gasteiger partial charge in [0.15, 0.2) is 0 Å². The van der Waals surface area contributed by atoms with Gasteiger partial charge in [-0.1, -0.05) is 0 Å². The molecular formula is C19H26N4O7S2. The smallest absolute Gasteiger partial charge is 0.337 e. The van der Waals surface area contributed by atoms with Crippen molar-refractivity contribution in [3.8, 4) is 5.75 Å². The van der Waals surface area contributed by atoms with Crippen molar-refractivity contribution in [3.63, 3.8) is 0 Å². The van der Waals surface area contributed by atoms with Crippen molar-refractivity contribution in [2.45, 2.75) is 30.1 Å². The minimum Gasteiger partial charge on any atom is -0.495 e. The summed E-state index contributed by atoms with van der Waals surface area (Å²) in [5.74, 6) is -0.598. The van der Waals surface area contributed by atoms with Gasteiger partial charge in [-0.25, -0.2) is 21.6 Å². The molecule has 1 aromatic heterocycles. The monoisotopic (exact) mass is 486 g/mol. The van der Waals surface area contributed by atoms with Crippen LogP contribution in [0, 0.1) is 13.8 Å². The predicted octanol–water partition coefficient (Wildman–Crippen LogP) is 0.907. The first kappa shape index (κ1) is 24.2. The summed E-state index contributed by atoms with van der Waals surface area (Å²) >= 11 is 0. The lowest BCUT2D eigenvalue weighted by atomic mass is 10.2. The first-order valence-electron chi connectivity index (χ1n) is 9.82. The Morgan fingerprint density at radius 3 is 2.16 bits per heavy atom.